The minimum atomic E-state index is -0.630. The van der Waals surface area contributed by atoms with Crippen molar-refractivity contribution in [3.8, 4) is 0 Å². The smallest absolute Gasteiger partial charge is 0.314 e. The van der Waals surface area contributed by atoms with Gasteiger partial charge in [-0.05, 0) is 55.7 Å². The molecule has 1 saturated carbocycles. The second-order valence-corrected chi connectivity index (χ2v) is 9.22. The summed E-state index contributed by atoms with van der Waals surface area (Å²) in [5, 5.41) is 5.80. The summed E-state index contributed by atoms with van der Waals surface area (Å²) in [6.45, 7) is 4.48. The van der Waals surface area contributed by atoms with E-state index in [1.54, 1.807) is 16.2 Å². The van der Waals surface area contributed by atoms with E-state index in [4.69, 9.17) is 0 Å². The Morgan fingerprint density at radius 1 is 0.935 bits per heavy atom. The minimum Gasteiger partial charge on any atom is -0.314 e. The van der Waals surface area contributed by atoms with Gasteiger partial charge in [0.1, 0.15) is 6.04 Å². The van der Waals surface area contributed by atoms with Crippen LogP contribution in [-0.2, 0) is 16.6 Å². The van der Waals surface area contributed by atoms with E-state index < -0.39 is 6.04 Å². The molecule has 8 nitrogen and oxygen atoms in total. The van der Waals surface area contributed by atoms with E-state index in [0.717, 1.165) is 37.2 Å². The van der Waals surface area contributed by atoms with Crippen LogP contribution in [-0.4, -0.2) is 58.1 Å². The number of aromatic nitrogens is 2. The van der Waals surface area contributed by atoms with Gasteiger partial charge in [0.2, 0.25) is 11.8 Å². The summed E-state index contributed by atoms with van der Waals surface area (Å²) in [6, 6.07) is 6.31. The first-order valence-corrected chi connectivity index (χ1v) is 11.5. The molecule has 3 heterocycles. The Labute approximate surface area is 181 Å². The number of carbonyl (C=O) groups is 2. The molecule has 2 N–H and O–H groups in total. The number of amides is 2. The molecule has 3 aliphatic rings. The molecule has 1 aliphatic carbocycles. The van der Waals surface area contributed by atoms with Crippen molar-refractivity contribution in [2.45, 2.75) is 56.5 Å². The summed E-state index contributed by atoms with van der Waals surface area (Å²) < 4.78 is 3.19. The predicted molar refractivity (Wildman–Crippen MR) is 118 cm³/mol. The Bertz CT molecular complexity index is 1060. The molecule has 0 bridgehead atoms. The van der Waals surface area contributed by atoms with Gasteiger partial charge in [-0.15, -0.1) is 0 Å². The van der Waals surface area contributed by atoms with Crippen LogP contribution in [0.1, 0.15) is 56.0 Å². The van der Waals surface area contributed by atoms with E-state index >= 15 is 0 Å². The molecule has 2 aromatic rings. The molecule has 3 fully saturated rings. The number of carbonyl (C=O) groups excluding carboxylic acids is 2. The molecule has 8 heteroatoms. The molecule has 5 rings (SSSR count). The summed E-state index contributed by atoms with van der Waals surface area (Å²) in [5.74, 6) is -0.146. The molecule has 31 heavy (non-hydrogen) atoms. The van der Waals surface area contributed by atoms with Crippen molar-refractivity contribution >= 4 is 22.8 Å². The Kier molecular flexibility index (Phi) is 5.44. The third-order valence-electron chi connectivity index (χ3n) is 7.47. The van der Waals surface area contributed by atoms with E-state index in [0.29, 0.717) is 18.4 Å². The van der Waals surface area contributed by atoms with Gasteiger partial charge in [0, 0.05) is 45.7 Å². The highest BCUT2D eigenvalue weighted by Crippen LogP contribution is 2.36. The number of imide groups is 1. The maximum Gasteiger partial charge on any atom is 0.329 e. The van der Waals surface area contributed by atoms with Crippen molar-refractivity contribution in [2.24, 2.45) is 7.05 Å². The molecule has 2 amide bonds. The zero-order chi connectivity index (χ0) is 21.5. The Morgan fingerprint density at radius 3 is 2.39 bits per heavy atom. The van der Waals surface area contributed by atoms with Crippen LogP contribution in [0.5, 0.6) is 0 Å². The van der Waals surface area contributed by atoms with Gasteiger partial charge in [-0.3, -0.25) is 28.9 Å². The van der Waals surface area contributed by atoms with Gasteiger partial charge in [0.25, 0.3) is 0 Å². The molecule has 1 unspecified atom stereocenters. The monoisotopic (exact) mass is 425 g/mol. The van der Waals surface area contributed by atoms with E-state index in [9.17, 15) is 14.4 Å². The first-order chi connectivity index (χ1) is 15.0. The fourth-order valence-corrected chi connectivity index (χ4v) is 5.69. The summed E-state index contributed by atoms with van der Waals surface area (Å²) in [4.78, 5) is 39.5. The molecule has 2 aliphatic heterocycles. The van der Waals surface area contributed by atoms with Crippen LogP contribution in [0.15, 0.2) is 23.0 Å². The van der Waals surface area contributed by atoms with E-state index in [1.807, 2.05) is 6.07 Å². The van der Waals surface area contributed by atoms with Crippen LogP contribution >= 0.6 is 0 Å². The van der Waals surface area contributed by atoms with Crippen LogP contribution in [0.4, 0.5) is 0 Å². The highest BCUT2D eigenvalue weighted by molar-refractivity contribution is 6.00. The van der Waals surface area contributed by atoms with Crippen molar-refractivity contribution in [3.05, 3.63) is 34.2 Å². The fraction of sp³-hybridized carbons (Fsp3) is 0.609. The van der Waals surface area contributed by atoms with Crippen molar-refractivity contribution in [3.63, 3.8) is 0 Å². The maximum absolute atomic E-state index is 13.0. The average molecular weight is 426 g/mol. The molecule has 166 valence electrons. The van der Waals surface area contributed by atoms with Crippen molar-refractivity contribution < 1.29 is 9.59 Å². The molecular formula is C23H31N5O3. The SMILES string of the molecule is Cn1c(=O)n(C2CCC(=O)NC2=O)c2ccc([C@H]3CC[C@@H](N4CCNCC4)CC3)cc21. The lowest BCUT2D eigenvalue weighted by Gasteiger charge is -2.39. The van der Waals surface area contributed by atoms with Crippen LogP contribution in [0.3, 0.4) is 0 Å². The molecular weight excluding hydrogens is 394 g/mol. The van der Waals surface area contributed by atoms with Crippen LogP contribution in [0, 0.1) is 0 Å². The van der Waals surface area contributed by atoms with Gasteiger partial charge < -0.3 is 5.32 Å². The summed E-state index contributed by atoms with van der Waals surface area (Å²) in [5.41, 5.74) is 2.70. The second-order valence-electron chi connectivity index (χ2n) is 9.22. The van der Waals surface area contributed by atoms with Crippen LogP contribution in [0.2, 0.25) is 0 Å². The number of imidazole rings is 1. The highest BCUT2D eigenvalue weighted by atomic mass is 16.2. The number of nitrogens with one attached hydrogen (secondary N) is 2. The number of aryl methyl sites for hydroxylation is 1. The number of benzene rings is 1. The summed E-state index contributed by atoms with van der Waals surface area (Å²) in [6.07, 6.45) is 5.40. The normalized spacial score (nSPS) is 28.1. The maximum atomic E-state index is 13.0. The molecule has 1 atom stereocenters. The third-order valence-corrected chi connectivity index (χ3v) is 7.47. The molecule has 2 saturated heterocycles. The number of piperazine rings is 1. The average Bonchev–Trinajstić information content (AvgIpc) is 3.04. The number of fused-ring (bicyclic) bond motifs is 1. The summed E-state index contributed by atoms with van der Waals surface area (Å²) >= 11 is 0. The number of nitrogens with zero attached hydrogens (tertiary/aromatic N) is 3. The standard InChI is InChI=1S/C23H31N5O3/c1-26-20-14-16(15-2-5-17(6-3-15)27-12-10-24-11-13-27)4-7-18(20)28(23(26)31)19-8-9-21(29)25-22(19)30/h4,7,14-15,17,19,24H,2-3,5-6,8-13H2,1H3,(H,25,29,30)/t15-,17+,19?. The Balaban J connectivity index is 1.37. The predicted octanol–water partition coefficient (Wildman–Crippen LogP) is 1.25. The number of hydrogen-bond acceptors (Lipinski definition) is 5. The molecule has 1 aromatic carbocycles. The highest BCUT2D eigenvalue weighted by Gasteiger charge is 2.32. The third kappa shape index (κ3) is 3.72. The zero-order valence-corrected chi connectivity index (χ0v) is 18.1. The van der Waals surface area contributed by atoms with Gasteiger partial charge >= 0.3 is 5.69 Å². The van der Waals surface area contributed by atoms with Gasteiger partial charge in [-0.25, -0.2) is 4.79 Å². The largest absolute Gasteiger partial charge is 0.329 e. The summed E-state index contributed by atoms with van der Waals surface area (Å²) in [7, 11) is 1.76. The quantitative estimate of drug-likeness (QED) is 0.723. The number of piperidine rings is 1. The first-order valence-electron chi connectivity index (χ1n) is 11.5. The van der Waals surface area contributed by atoms with E-state index in [-0.39, 0.29) is 23.9 Å². The molecule has 1 aromatic heterocycles. The van der Waals surface area contributed by atoms with Gasteiger partial charge in [-0.1, -0.05) is 6.07 Å². The number of rotatable bonds is 3. The Hall–Kier alpha value is -2.45. The number of hydrogen-bond donors (Lipinski definition) is 2. The van der Waals surface area contributed by atoms with E-state index in [2.05, 4.69) is 27.7 Å². The lowest BCUT2D eigenvalue weighted by atomic mass is 9.81. The Morgan fingerprint density at radius 2 is 1.68 bits per heavy atom. The lowest BCUT2D eigenvalue weighted by Crippen LogP contribution is -2.49. The van der Waals surface area contributed by atoms with Crippen molar-refractivity contribution in [1.82, 2.24) is 24.7 Å². The minimum absolute atomic E-state index is 0.205. The van der Waals surface area contributed by atoms with Crippen molar-refractivity contribution in [2.75, 3.05) is 26.2 Å². The van der Waals surface area contributed by atoms with E-state index in [1.165, 1.54) is 31.2 Å². The van der Waals surface area contributed by atoms with Gasteiger partial charge in [0.15, 0.2) is 0 Å². The second kappa shape index (κ2) is 8.24. The molecule has 0 spiro atoms. The molecule has 0 radical (unpaired) electrons. The first kappa shape index (κ1) is 20.5. The fourth-order valence-electron chi connectivity index (χ4n) is 5.69. The van der Waals surface area contributed by atoms with Crippen LogP contribution < -0.4 is 16.3 Å². The van der Waals surface area contributed by atoms with Crippen LogP contribution in [0.25, 0.3) is 11.0 Å². The lowest BCUT2D eigenvalue weighted by molar-refractivity contribution is -0.135. The van der Waals surface area contributed by atoms with Crippen molar-refractivity contribution in [1.29, 1.82) is 0 Å². The van der Waals surface area contributed by atoms with Gasteiger partial charge in [-0.2, -0.15) is 0 Å². The van der Waals surface area contributed by atoms with Gasteiger partial charge in [0.05, 0.1) is 11.0 Å². The zero-order valence-electron chi connectivity index (χ0n) is 18.1. The topological polar surface area (TPSA) is 88.4 Å².